The lowest BCUT2D eigenvalue weighted by molar-refractivity contribution is -0.133. The van der Waals surface area contributed by atoms with E-state index in [1.54, 1.807) is 47.5 Å². The third-order valence-corrected chi connectivity index (χ3v) is 7.26. The quantitative estimate of drug-likeness (QED) is 0.220. The molecule has 0 saturated heterocycles. The van der Waals surface area contributed by atoms with Crippen molar-refractivity contribution in [3.63, 3.8) is 0 Å². The Morgan fingerprint density at radius 3 is 2.30 bits per heavy atom. The Hall–Kier alpha value is -4.79. The number of nitrogens with zero attached hydrogens (tertiary/aromatic N) is 4. The van der Waals surface area contributed by atoms with Crippen molar-refractivity contribution < 1.29 is 23.1 Å². The first-order valence-electron chi connectivity index (χ1n) is 12.8. The molecule has 5 aromatic rings. The van der Waals surface area contributed by atoms with Crippen molar-refractivity contribution >= 4 is 22.5 Å². The van der Waals surface area contributed by atoms with Crippen LogP contribution in [0.15, 0.2) is 79.4 Å². The van der Waals surface area contributed by atoms with E-state index in [1.807, 2.05) is 19.3 Å². The molecule has 2 aromatic carbocycles. The number of hydrogen-bond donors (Lipinski definition) is 0. The lowest BCUT2D eigenvalue weighted by Gasteiger charge is -2.14. The van der Waals surface area contributed by atoms with E-state index in [-0.39, 0.29) is 36.0 Å². The molecule has 0 unspecified atom stereocenters. The molecule has 6 rings (SSSR count). The van der Waals surface area contributed by atoms with E-state index in [9.17, 15) is 14.0 Å². The number of aryl methyl sites for hydroxylation is 1. The molecule has 1 aliphatic carbocycles. The molecule has 0 N–H and O–H groups in total. The molecule has 0 aliphatic heterocycles. The van der Waals surface area contributed by atoms with Crippen LogP contribution < -0.4 is 4.74 Å². The maximum absolute atomic E-state index is 15.1. The van der Waals surface area contributed by atoms with Crippen LogP contribution in [0.4, 0.5) is 8.78 Å². The number of Topliss-reactive ketones (excluding diaryl/α,β-unsaturated/α-hetero) is 2. The van der Waals surface area contributed by atoms with Crippen LogP contribution in [0.5, 0.6) is 11.5 Å². The van der Waals surface area contributed by atoms with E-state index in [4.69, 9.17) is 4.74 Å². The molecule has 0 atom stereocenters. The van der Waals surface area contributed by atoms with Crippen molar-refractivity contribution in [1.29, 1.82) is 0 Å². The van der Waals surface area contributed by atoms with Crippen molar-refractivity contribution in [2.24, 2.45) is 12.5 Å². The topological polar surface area (TPSA) is 87.0 Å². The molecule has 200 valence electrons. The number of ketones is 2. The van der Waals surface area contributed by atoms with Gasteiger partial charge in [-0.05, 0) is 60.4 Å². The summed E-state index contributed by atoms with van der Waals surface area (Å²) >= 11 is 0. The molecule has 3 heterocycles. The van der Waals surface area contributed by atoms with Crippen LogP contribution in [0.2, 0.25) is 0 Å². The number of halogens is 2. The average Bonchev–Trinajstić information content (AvgIpc) is 3.66. The van der Waals surface area contributed by atoms with Crippen molar-refractivity contribution in [3.8, 4) is 22.8 Å². The molecular formula is C31H24F2N4O3. The highest BCUT2D eigenvalue weighted by Gasteiger charge is 2.54. The maximum atomic E-state index is 15.1. The minimum Gasteiger partial charge on any atom is -0.453 e. The number of carbonyl (C=O) groups is 2. The van der Waals surface area contributed by atoms with E-state index < -0.39 is 11.2 Å². The van der Waals surface area contributed by atoms with Crippen molar-refractivity contribution in [1.82, 2.24) is 19.7 Å². The largest absolute Gasteiger partial charge is 0.453 e. The normalized spacial score (nSPS) is 13.8. The summed E-state index contributed by atoms with van der Waals surface area (Å²) < 4.78 is 35.8. The van der Waals surface area contributed by atoms with Gasteiger partial charge in [0, 0.05) is 44.0 Å². The molecule has 1 saturated carbocycles. The lowest BCUT2D eigenvalue weighted by Crippen LogP contribution is -2.28. The van der Waals surface area contributed by atoms with Crippen LogP contribution in [0.3, 0.4) is 0 Å². The predicted octanol–water partition coefficient (Wildman–Crippen LogP) is 5.80. The number of ether oxygens (including phenoxy) is 1. The van der Waals surface area contributed by atoms with E-state index in [2.05, 4.69) is 15.1 Å². The van der Waals surface area contributed by atoms with Crippen LogP contribution in [0.25, 0.3) is 22.2 Å². The van der Waals surface area contributed by atoms with Crippen molar-refractivity contribution in [2.75, 3.05) is 0 Å². The second kappa shape index (κ2) is 10.1. The molecule has 7 nitrogen and oxygen atoms in total. The molecule has 40 heavy (non-hydrogen) atoms. The summed E-state index contributed by atoms with van der Waals surface area (Å²) in [6.45, 7) is 0. The molecule has 0 spiro atoms. The fraction of sp³-hybridized carbons (Fsp3) is 0.194. The van der Waals surface area contributed by atoms with Crippen molar-refractivity contribution in [3.05, 3.63) is 102 Å². The summed E-state index contributed by atoms with van der Waals surface area (Å²) in [5, 5.41) is 4.78. The van der Waals surface area contributed by atoms with Gasteiger partial charge in [-0.3, -0.25) is 24.2 Å². The first kappa shape index (κ1) is 25.5. The Bertz CT molecular complexity index is 1760. The van der Waals surface area contributed by atoms with Gasteiger partial charge in [-0.25, -0.2) is 8.78 Å². The zero-order valence-electron chi connectivity index (χ0n) is 21.6. The van der Waals surface area contributed by atoms with Crippen LogP contribution in [0.1, 0.15) is 24.0 Å². The number of fused-ring (bicyclic) bond motifs is 1. The summed E-state index contributed by atoms with van der Waals surface area (Å²) in [6.07, 6.45) is 7.71. The fourth-order valence-corrected chi connectivity index (χ4v) is 4.82. The second-order valence-electron chi connectivity index (χ2n) is 10.1. The smallest absolute Gasteiger partial charge is 0.166 e. The van der Waals surface area contributed by atoms with Crippen LogP contribution in [-0.2, 0) is 29.5 Å². The van der Waals surface area contributed by atoms with Gasteiger partial charge in [0.05, 0.1) is 28.2 Å². The van der Waals surface area contributed by atoms with E-state index in [0.717, 1.165) is 5.56 Å². The van der Waals surface area contributed by atoms with Gasteiger partial charge in [0.1, 0.15) is 11.6 Å². The van der Waals surface area contributed by atoms with Crippen LogP contribution >= 0.6 is 0 Å². The molecule has 1 fully saturated rings. The van der Waals surface area contributed by atoms with Gasteiger partial charge in [-0.2, -0.15) is 5.10 Å². The highest BCUT2D eigenvalue weighted by atomic mass is 19.1. The number of hydrogen-bond acceptors (Lipinski definition) is 6. The van der Waals surface area contributed by atoms with E-state index in [0.29, 0.717) is 46.3 Å². The third-order valence-electron chi connectivity index (χ3n) is 7.26. The minimum atomic E-state index is -1.04. The van der Waals surface area contributed by atoms with Crippen molar-refractivity contribution in [2.45, 2.75) is 25.7 Å². The number of benzene rings is 2. The summed E-state index contributed by atoms with van der Waals surface area (Å²) in [6, 6.07) is 13.5. The molecule has 1 aliphatic rings. The van der Waals surface area contributed by atoms with Crippen LogP contribution in [0, 0.1) is 17.0 Å². The summed E-state index contributed by atoms with van der Waals surface area (Å²) in [5.41, 5.74) is 2.25. The SMILES string of the molecule is Cn1cc(-c2cc3nccc(Oc4ccc(CC(=O)C5(C(=O)Cc6ccc(F)cc6)CC5)cc4F)c3cn2)cn1. The Morgan fingerprint density at radius 1 is 0.900 bits per heavy atom. The Labute approximate surface area is 228 Å². The highest BCUT2D eigenvalue weighted by molar-refractivity contribution is 6.11. The van der Waals surface area contributed by atoms with Gasteiger partial charge in [0.25, 0.3) is 0 Å². The average molecular weight is 539 g/mol. The monoisotopic (exact) mass is 538 g/mol. The number of aromatic nitrogens is 4. The van der Waals surface area contributed by atoms with Gasteiger partial charge in [0.2, 0.25) is 0 Å². The van der Waals surface area contributed by atoms with Gasteiger partial charge in [-0.1, -0.05) is 18.2 Å². The Kier molecular flexibility index (Phi) is 6.42. The van der Waals surface area contributed by atoms with E-state index in [1.165, 1.54) is 24.3 Å². The predicted molar refractivity (Wildman–Crippen MR) is 144 cm³/mol. The van der Waals surface area contributed by atoms with Gasteiger partial charge in [0.15, 0.2) is 23.1 Å². The third kappa shape index (κ3) is 4.98. The fourth-order valence-electron chi connectivity index (χ4n) is 4.82. The minimum absolute atomic E-state index is 0.00597. The van der Waals surface area contributed by atoms with Gasteiger partial charge < -0.3 is 4.74 Å². The number of pyridine rings is 2. The molecule has 9 heteroatoms. The second-order valence-corrected chi connectivity index (χ2v) is 10.1. The molecule has 0 bridgehead atoms. The number of carbonyl (C=O) groups excluding carboxylic acids is 2. The molecule has 0 radical (unpaired) electrons. The number of rotatable bonds is 9. The maximum Gasteiger partial charge on any atom is 0.166 e. The van der Waals surface area contributed by atoms with Crippen LogP contribution in [-0.4, -0.2) is 31.3 Å². The summed E-state index contributed by atoms with van der Waals surface area (Å²) in [4.78, 5) is 34.9. The summed E-state index contributed by atoms with van der Waals surface area (Å²) in [5.74, 6) is -1.04. The molecule has 3 aromatic heterocycles. The zero-order valence-corrected chi connectivity index (χ0v) is 21.6. The Morgan fingerprint density at radius 2 is 1.62 bits per heavy atom. The first-order valence-corrected chi connectivity index (χ1v) is 12.8. The first-order chi connectivity index (χ1) is 19.3. The highest BCUT2D eigenvalue weighted by Crippen LogP contribution is 2.49. The summed E-state index contributed by atoms with van der Waals surface area (Å²) in [7, 11) is 1.82. The Balaban J connectivity index is 1.16. The zero-order chi connectivity index (χ0) is 27.9. The molecule has 0 amide bonds. The van der Waals surface area contributed by atoms with E-state index >= 15 is 4.39 Å². The lowest BCUT2D eigenvalue weighted by atomic mass is 9.88. The standard InChI is InChI=1S/C31H24F2N4O3/c1-37-18-21(16-36-37)25-15-26-23(17-35-25)27(8-11-34-26)40-28-7-4-20(12-24(28)33)14-30(39)31(9-10-31)29(38)13-19-2-5-22(32)6-3-19/h2-8,11-12,15-18H,9-10,13-14H2,1H3. The van der Waals surface area contributed by atoms with Gasteiger partial charge >= 0.3 is 0 Å². The molecular weight excluding hydrogens is 514 g/mol. The van der Waals surface area contributed by atoms with Gasteiger partial charge in [-0.15, -0.1) is 0 Å².